The van der Waals surface area contributed by atoms with E-state index in [0.29, 0.717) is 22.1 Å². The molecule has 1 aromatic carbocycles. The number of benzene rings is 1. The average molecular weight is 392 g/mol. The summed E-state index contributed by atoms with van der Waals surface area (Å²) in [5, 5.41) is 2.27. The Hall–Kier alpha value is -2.61. The molecule has 8 heteroatoms. The molecule has 1 aromatic heterocycles. The van der Waals surface area contributed by atoms with Gasteiger partial charge in [0.2, 0.25) is 0 Å². The highest BCUT2D eigenvalue weighted by molar-refractivity contribution is 7.09. The van der Waals surface area contributed by atoms with E-state index in [0.717, 1.165) is 0 Å². The molecule has 0 saturated carbocycles. The Balaban J connectivity index is 2.35. The molecule has 0 spiro atoms. The first kappa shape index (κ1) is 20.7. The number of rotatable bonds is 6. The van der Waals surface area contributed by atoms with Crippen LogP contribution in [0.25, 0.3) is 0 Å². The van der Waals surface area contributed by atoms with E-state index in [9.17, 15) is 9.59 Å². The second kappa shape index (κ2) is 8.39. The Bertz CT molecular complexity index is 826. The average Bonchev–Trinajstić information content (AvgIpc) is 3.12. The van der Waals surface area contributed by atoms with Gasteiger partial charge in [0.15, 0.2) is 5.69 Å². The molecule has 7 nitrogen and oxygen atoms in total. The highest BCUT2D eigenvalue weighted by Crippen LogP contribution is 2.29. The van der Waals surface area contributed by atoms with Gasteiger partial charge in [-0.3, -0.25) is 4.79 Å². The second-order valence-electron chi connectivity index (χ2n) is 6.75. The minimum atomic E-state index is -0.497. The van der Waals surface area contributed by atoms with Crippen LogP contribution in [0.15, 0.2) is 23.6 Å². The van der Waals surface area contributed by atoms with Crippen molar-refractivity contribution >= 4 is 23.2 Å². The zero-order chi connectivity index (χ0) is 20.2. The molecule has 2 aromatic rings. The number of thiazole rings is 1. The molecule has 0 N–H and O–H groups in total. The summed E-state index contributed by atoms with van der Waals surface area (Å²) in [4.78, 5) is 30.9. The van der Waals surface area contributed by atoms with Gasteiger partial charge in [0, 0.05) is 17.0 Å². The molecular weight excluding hydrogens is 368 g/mol. The topological polar surface area (TPSA) is 78.0 Å². The van der Waals surface area contributed by atoms with Gasteiger partial charge in [-0.2, -0.15) is 0 Å². The smallest absolute Gasteiger partial charge is 0.357 e. The highest BCUT2D eigenvalue weighted by Gasteiger charge is 2.30. The van der Waals surface area contributed by atoms with Crippen LogP contribution in [0.5, 0.6) is 11.5 Å². The predicted molar refractivity (Wildman–Crippen MR) is 103 cm³/mol. The van der Waals surface area contributed by atoms with Gasteiger partial charge in [-0.15, -0.1) is 11.3 Å². The quantitative estimate of drug-likeness (QED) is 0.701. The fourth-order valence-corrected chi connectivity index (χ4v) is 3.20. The Morgan fingerprint density at radius 1 is 1.15 bits per heavy atom. The molecule has 0 fully saturated rings. The van der Waals surface area contributed by atoms with Gasteiger partial charge in [0.25, 0.3) is 5.91 Å². The van der Waals surface area contributed by atoms with Gasteiger partial charge in [0.1, 0.15) is 16.5 Å². The molecule has 0 saturated heterocycles. The molecule has 1 heterocycles. The maximum atomic E-state index is 13.3. The maximum absolute atomic E-state index is 13.3. The summed E-state index contributed by atoms with van der Waals surface area (Å²) in [6.45, 7) is 6.08. The first-order chi connectivity index (χ1) is 12.7. The van der Waals surface area contributed by atoms with Gasteiger partial charge in [0.05, 0.1) is 33.4 Å². The number of methoxy groups -OCH3 is 3. The van der Waals surface area contributed by atoms with Crippen LogP contribution in [0.1, 0.15) is 46.6 Å². The number of nitrogens with zero attached hydrogens (tertiary/aromatic N) is 2. The monoisotopic (exact) mass is 392 g/mol. The molecule has 0 aliphatic rings. The summed E-state index contributed by atoms with van der Waals surface area (Å²) in [5.74, 6) is 0.344. The summed E-state index contributed by atoms with van der Waals surface area (Å²) in [7, 11) is 4.37. The lowest BCUT2D eigenvalue weighted by Gasteiger charge is -2.35. The summed E-state index contributed by atoms with van der Waals surface area (Å²) in [5.41, 5.74) is 0.192. The Kier molecular flexibility index (Phi) is 6.43. The molecule has 0 radical (unpaired) electrons. The number of carbonyl (C=O) groups excluding carboxylic acids is 2. The van der Waals surface area contributed by atoms with Crippen molar-refractivity contribution in [3.63, 3.8) is 0 Å². The lowest BCUT2D eigenvalue weighted by atomic mass is 10.0. The standard InChI is InChI=1S/C19H24N2O5S/c1-19(2,3)21(10-16-20-14(11-27-16)18(23)26-6)17(22)13-8-7-12(24-4)9-15(13)25-5/h7-9,11H,10H2,1-6H3. The second-order valence-corrected chi connectivity index (χ2v) is 7.69. The van der Waals surface area contributed by atoms with Crippen molar-refractivity contribution < 1.29 is 23.8 Å². The number of ether oxygens (including phenoxy) is 3. The molecule has 0 atom stereocenters. The van der Waals surface area contributed by atoms with Gasteiger partial charge in [-0.05, 0) is 32.9 Å². The van der Waals surface area contributed by atoms with E-state index in [4.69, 9.17) is 9.47 Å². The van der Waals surface area contributed by atoms with Crippen molar-refractivity contribution in [2.24, 2.45) is 0 Å². The largest absolute Gasteiger partial charge is 0.497 e. The number of hydrogen-bond donors (Lipinski definition) is 0. The lowest BCUT2D eigenvalue weighted by Crippen LogP contribution is -2.45. The zero-order valence-corrected chi connectivity index (χ0v) is 17.2. The number of aromatic nitrogens is 1. The van der Waals surface area contributed by atoms with E-state index >= 15 is 0 Å². The van der Waals surface area contributed by atoms with Crippen LogP contribution in [-0.2, 0) is 11.3 Å². The van der Waals surface area contributed by atoms with E-state index < -0.39 is 11.5 Å². The van der Waals surface area contributed by atoms with Gasteiger partial charge in [-0.25, -0.2) is 9.78 Å². The molecule has 1 amide bonds. The summed E-state index contributed by atoms with van der Waals surface area (Å²) in [6, 6.07) is 5.07. The molecule has 27 heavy (non-hydrogen) atoms. The van der Waals surface area contributed by atoms with Crippen LogP contribution in [0.3, 0.4) is 0 Å². The normalized spacial score (nSPS) is 11.0. The fourth-order valence-electron chi connectivity index (χ4n) is 2.45. The molecule has 146 valence electrons. The molecule has 0 aliphatic carbocycles. The van der Waals surface area contributed by atoms with Crippen molar-refractivity contribution in [3.8, 4) is 11.5 Å². The Morgan fingerprint density at radius 3 is 2.41 bits per heavy atom. The first-order valence-electron chi connectivity index (χ1n) is 8.28. The molecule has 2 rings (SSSR count). The molecular formula is C19H24N2O5S. The zero-order valence-electron chi connectivity index (χ0n) is 16.4. The number of hydrogen-bond acceptors (Lipinski definition) is 7. The van der Waals surface area contributed by atoms with Crippen LogP contribution in [0.2, 0.25) is 0 Å². The van der Waals surface area contributed by atoms with Crippen molar-refractivity contribution in [2.45, 2.75) is 32.9 Å². The maximum Gasteiger partial charge on any atom is 0.357 e. The third kappa shape index (κ3) is 4.77. The fraction of sp³-hybridized carbons (Fsp3) is 0.421. The SMILES string of the molecule is COC(=O)c1csc(CN(C(=O)c2ccc(OC)cc2OC)C(C)(C)C)n1. The minimum absolute atomic E-state index is 0.197. The van der Waals surface area contributed by atoms with E-state index in [1.54, 1.807) is 35.6 Å². The van der Waals surface area contributed by atoms with Gasteiger partial charge < -0.3 is 19.1 Å². The summed E-state index contributed by atoms with van der Waals surface area (Å²) in [6.07, 6.45) is 0. The van der Waals surface area contributed by atoms with Crippen LogP contribution in [0.4, 0.5) is 0 Å². The number of amides is 1. The third-order valence-corrected chi connectivity index (χ3v) is 4.77. The first-order valence-corrected chi connectivity index (χ1v) is 9.16. The van der Waals surface area contributed by atoms with Crippen LogP contribution in [-0.4, -0.2) is 48.6 Å². The van der Waals surface area contributed by atoms with E-state index in [2.05, 4.69) is 9.72 Å². The number of carbonyl (C=O) groups is 2. The Labute approximate surface area is 162 Å². The minimum Gasteiger partial charge on any atom is -0.497 e. The van der Waals surface area contributed by atoms with Crippen molar-refractivity contribution in [2.75, 3.05) is 21.3 Å². The van der Waals surface area contributed by atoms with Crippen molar-refractivity contribution in [1.82, 2.24) is 9.88 Å². The van der Waals surface area contributed by atoms with Crippen LogP contribution in [0, 0.1) is 0 Å². The van der Waals surface area contributed by atoms with E-state index in [1.165, 1.54) is 25.6 Å². The lowest BCUT2D eigenvalue weighted by molar-refractivity contribution is 0.0555. The van der Waals surface area contributed by atoms with E-state index in [-0.39, 0.29) is 18.1 Å². The summed E-state index contributed by atoms with van der Waals surface area (Å²) < 4.78 is 15.3. The predicted octanol–water partition coefficient (Wildman–Crippen LogP) is 3.39. The van der Waals surface area contributed by atoms with Gasteiger partial charge in [-0.1, -0.05) is 0 Å². The van der Waals surface area contributed by atoms with Crippen LogP contribution >= 0.6 is 11.3 Å². The third-order valence-electron chi connectivity index (χ3n) is 3.93. The van der Waals surface area contributed by atoms with Crippen molar-refractivity contribution in [3.05, 3.63) is 39.8 Å². The highest BCUT2D eigenvalue weighted by atomic mass is 32.1. The number of esters is 1. The molecule has 0 bridgehead atoms. The van der Waals surface area contributed by atoms with E-state index in [1.807, 2.05) is 20.8 Å². The summed E-state index contributed by atoms with van der Waals surface area (Å²) >= 11 is 1.31. The Morgan fingerprint density at radius 2 is 1.85 bits per heavy atom. The van der Waals surface area contributed by atoms with Gasteiger partial charge >= 0.3 is 5.97 Å². The molecule has 0 aliphatic heterocycles. The van der Waals surface area contributed by atoms with Crippen molar-refractivity contribution in [1.29, 1.82) is 0 Å². The molecule has 0 unspecified atom stereocenters. The van der Waals surface area contributed by atoms with Crippen LogP contribution < -0.4 is 9.47 Å².